The first-order chi connectivity index (χ1) is 19.9. The second-order valence-corrected chi connectivity index (χ2v) is 10.1. The summed E-state index contributed by atoms with van der Waals surface area (Å²) in [6.07, 6.45) is 1.57. The molecule has 5 rings (SSSR count). The monoisotopic (exact) mass is 570 g/mol. The maximum Gasteiger partial charge on any atom is 0.251 e. The Hall–Kier alpha value is -4.50. The quantitative estimate of drug-likeness (QED) is 0.265. The summed E-state index contributed by atoms with van der Waals surface area (Å²) in [5.74, 6) is 1.74. The van der Waals surface area contributed by atoms with Crippen molar-refractivity contribution in [1.29, 1.82) is 0 Å². The van der Waals surface area contributed by atoms with Crippen LogP contribution in [0.4, 0.5) is 0 Å². The van der Waals surface area contributed by atoms with E-state index in [0.29, 0.717) is 46.8 Å². The van der Waals surface area contributed by atoms with E-state index in [2.05, 4.69) is 20.8 Å². The van der Waals surface area contributed by atoms with E-state index in [-0.39, 0.29) is 18.2 Å². The standard InChI is InChI=1S/C31H31ClN6O3/c1-20-36-37-30-26(19-28(39)33-16-6-7-17-34-31(40)22-8-4-3-5-9-22)35-29(21-10-12-23(32)13-11-21)25-18-24(41-2)14-15-27(25)38(20)30/h3-5,8-15,18,26H,6-7,16-17,19H2,1-2H3,(H,33,39)(H,34,40)/t26-/m0/s1. The predicted molar refractivity (Wildman–Crippen MR) is 158 cm³/mol. The summed E-state index contributed by atoms with van der Waals surface area (Å²) in [5.41, 5.74) is 3.91. The fourth-order valence-electron chi connectivity index (χ4n) is 4.80. The molecule has 0 unspecified atom stereocenters. The number of carbonyl (C=O) groups is 2. The van der Waals surface area contributed by atoms with Crippen molar-refractivity contribution in [2.75, 3.05) is 20.2 Å². The Bertz CT molecular complexity index is 1570. The van der Waals surface area contributed by atoms with Gasteiger partial charge in [0.15, 0.2) is 5.82 Å². The van der Waals surface area contributed by atoms with E-state index in [0.717, 1.165) is 29.7 Å². The van der Waals surface area contributed by atoms with Crippen molar-refractivity contribution in [3.8, 4) is 11.4 Å². The van der Waals surface area contributed by atoms with Gasteiger partial charge in [0.1, 0.15) is 17.6 Å². The molecule has 0 radical (unpaired) electrons. The minimum absolute atomic E-state index is 0.102. The number of amides is 2. The summed E-state index contributed by atoms with van der Waals surface area (Å²) in [6.45, 7) is 2.90. The van der Waals surface area contributed by atoms with Crippen molar-refractivity contribution >= 4 is 29.1 Å². The number of ether oxygens (including phenoxy) is 1. The predicted octanol–water partition coefficient (Wildman–Crippen LogP) is 4.85. The topological polar surface area (TPSA) is 110 Å². The van der Waals surface area contributed by atoms with E-state index >= 15 is 0 Å². The van der Waals surface area contributed by atoms with E-state index in [1.54, 1.807) is 19.2 Å². The van der Waals surface area contributed by atoms with Gasteiger partial charge in [-0.1, -0.05) is 41.9 Å². The second-order valence-electron chi connectivity index (χ2n) is 9.71. The average Bonchev–Trinajstić information content (AvgIpc) is 3.32. The molecule has 0 aliphatic carbocycles. The van der Waals surface area contributed by atoms with Crippen molar-refractivity contribution in [2.45, 2.75) is 32.2 Å². The molecule has 10 heteroatoms. The van der Waals surface area contributed by atoms with Crippen LogP contribution in [-0.2, 0) is 4.79 Å². The molecule has 0 bridgehead atoms. The van der Waals surface area contributed by atoms with Gasteiger partial charge in [0, 0.05) is 34.8 Å². The molecule has 2 amide bonds. The maximum absolute atomic E-state index is 13.1. The van der Waals surface area contributed by atoms with Gasteiger partial charge in [0.2, 0.25) is 5.91 Å². The maximum atomic E-state index is 13.1. The Kier molecular flexibility index (Phi) is 8.74. The number of nitrogens with one attached hydrogen (secondary N) is 2. The van der Waals surface area contributed by atoms with Gasteiger partial charge >= 0.3 is 0 Å². The molecule has 1 atom stereocenters. The Morgan fingerprint density at radius 2 is 1.68 bits per heavy atom. The van der Waals surface area contributed by atoms with Gasteiger partial charge in [0.05, 0.1) is 24.9 Å². The molecule has 1 aromatic heterocycles. The lowest BCUT2D eigenvalue weighted by atomic mass is 10.00. The fraction of sp³-hybridized carbons (Fsp3) is 0.258. The highest BCUT2D eigenvalue weighted by Crippen LogP contribution is 2.34. The molecule has 0 spiro atoms. The Morgan fingerprint density at radius 3 is 2.41 bits per heavy atom. The van der Waals surface area contributed by atoms with Gasteiger partial charge in [-0.2, -0.15) is 0 Å². The molecule has 4 aromatic rings. The number of aliphatic imine (C=N–C) groups is 1. The van der Waals surface area contributed by atoms with E-state index < -0.39 is 6.04 Å². The summed E-state index contributed by atoms with van der Waals surface area (Å²) in [6, 6.07) is 21.8. The normalized spacial score (nSPS) is 13.8. The summed E-state index contributed by atoms with van der Waals surface area (Å²) in [5, 5.41) is 15.3. The number of rotatable bonds is 10. The Balaban J connectivity index is 1.29. The first-order valence-corrected chi connectivity index (χ1v) is 13.9. The lowest BCUT2D eigenvalue weighted by Gasteiger charge is -2.14. The Labute approximate surface area is 243 Å². The third-order valence-corrected chi connectivity index (χ3v) is 7.13. The minimum Gasteiger partial charge on any atom is -0.497 e. The summed E-state index contributed by atoms with van der Waals surface area (Å²) >= 11 is 6.17. The third-order valence-electron chi connectivity index (χ3n) is 6.88. The van der Waals surface area contributed by atoms with Crippen molar-refractivity contribution in [3.63, 3.8) is 0 Å². The molecule has 210 valence electrons. The zero-order valence-corrected chi connectivity index (χ0v) is 23.7. The number of benzene rings is 3. The van der Waals surface area contributed by atoms with Crippen molar-refractivity contribution < 1.29 is 14.3 Å². The van der Waals surface area contributed by atoms with E-state index in [4.69, 9.17) is 21.3 Å². The largest absolute Gasteiger partial charge is 0.497 e. The van der Waals surface area contributed by atoms with Gasteiger partial charge in [-0.25, -0.2) is 0 Å². The lowest BCUT2D eigenvalue weighted by Crippen LogP contribution is -2.28. The molecule has 1 aliphatic rings. The van der Waals surface area contributed by atoms with Crippen molar-refractivity contribution in [1.82, 2.24) is 25.4 Å². The number of halogens is 1. The molecule has 0 saturated heterocycles. The molecule has 0 fully saturated rings. The first-order valence-electron chi connectivity index (χ1n) is 13.5. The molecule has 2 N–H and O–H groups in total. The van der Waals surface area contributed by atoms with Gasteiger partial charge < -0.3 is 15.4 Å². The molecule has 1 aliphatic heterocycles. The summed E-state index contributed by atoms with van der Waals surface area (Å²) in [4.78, 5) is 30.3. The molecule has 41 heavy (non-hydrogen) atoms. The van der Waals surface area contributed by atoms with Crippen molar-refractivity contribution in [3.05, 3.63) is 106 Å². The summed E-state index contributed by atoms with van der Waals surface area (Å²) < 4.78 is 7.47. The number of aryl methyl sites for hydroxylation is 1. The van der Waals surface area contributed by atoms with E-state index in [1.807, 2.05) is 72.2 Å². The third kappa shape index (κ3) is 6.47. The highest BCUT2D eigenvalue weighted by Gasteiger charge is 2.30. The van der Waals surface area contributed by atoms with Crippen molar-refractivity contribution in [2.24, 2.45) is 4.99 Å². The van der Waals surface area contributed by atoms with Crippen LogP contribution in [0.15, 0.2) is 77.8 Å². The smallest absolute Gasteiger partial charge is 0.251 e. The first kappa shape index (κ1) is 28.0. The number of hydrogen-bond donors (Lipinski definition) is 2. The molecule has 2 heterocycles. The SMILES string of the molecule is COc1ccc2c(c1)C(c1ccc(Cl)cc1)=N[C@@H](CC(=O)NCCCCNC(=O)c1ccccc1)c1nnc(C)n1-2. The number of carbonyl (C=O) groups excluding carboxylic acids is 2. The molecular formula is C31H31ClN6O3. The van der Waals surface area contributed by atoms with Gasteiger partial charge in [-0.05, 0) is 62.2 Å². The Morgan fingerprint density at radius 1 is 0.951 bits per heavy atom. The van der Waals surface area contributed by atoms with Gasteiger partial charge in [-0.15, -0.1) is 10.2 Å². The van der Waals surface area contributed by atoms with Crippen LogP contribution in [-0.4, -0.2) is 52.5 Å². The van der Waals surface area contributed by atoms with Crippen LogP contribution in [0, 0.1) is 6.92 Å². The number of aromatic nitrogens is 3. The van der Waals surface area contributed by atoms with Crippen LogP contribution >= 0.6 is 11.6 Å². The average molecular weight is 571 g/mol. The van der Waals surface area contributed by atoms with Crippen LogP contribution in [0.1, 0.15) is 58.4 Å². The minimum atomic E-state index is -0.564. The van der Waals surface area contributed by atoms with Crippen LogP contribution in [0.2, 0.25) is 5.02 Å². The fourth-order valence-corrected chi connectivity index (χ4v) is 4.92. The number of nitrogens with zero attached hydrogens (tertiary/aromatic N) is 4. The highest BCUT2D eigenvalue weighted by molar-refractivity contribution is 6.30. The number of hydrogen-bond acceptors (Lipinski definition) is 6. The second kappa shape index (κ2) is 12.8. The molecule has 3 aromatic carbocycles. The van der Waals surface area contributed by atoms with E-state index in [9.17, 15) is 9.59 Å². The molecule has 0 saturated carbocycles. The zero-order chi connectivity index (χ0) is 28.8. The zero-order valence-electron chi connectivity index (χ0n) is 22.9. The number of methoxy groups -OCH3 is 1. The van der Waals surface area contributed by atoms with Crippen LogP contribution in [0.25, 0.3) is 5.69 Å². The van der Waals surface area contributed by atoms with Gasteiger partial charge in [-0.3, -0.25) is 19.1 Å². The van der Waals surface area contributed by atoms with Crippen LogP contribution in [0.5, 0.6) is 5.75 Å². The number of unbranched alkanes of at least 4 members (excludes halogenated alkanes) is 1. The van der Waals surface area contributed by atoms with Crippen LogP contribution < -0.4 is 15.4 Å². The van der Waals surface area contributed by atoms with Gasteiger partial charge in [0.25, 0.3) is 5.91 Å². The van der Waals surface area contributed by atoms with E-state index in [1.165, 1.54) is 0 Å². The summed E-state index contributed by atoms with van der Waals surface area (Å²) in [7, 11) is 1.62. The number of fused-ring (bicyclic) bond motifs is 3. The molecular weight excluding hydrogens is 540 g/mol. The highest BCUT2D eigenvalue weighted by atomic mass is 35.5. The van der Waals surface area contributed by atoms with Crippen LogP contribution in [0.3, 0.4) is 0 Å². The molecule has 9 nitrogen and oxygen atoms in total. The lowest BCUT2D eigenvalue weighted by molar-refractivity contribution is -0.121.